The summed E-state index contributed by atoms with van der Waals surface area (Å²) in [6.45, 7) is 2.24. The molecule has 2 aromatic heterocycles. The van der Waals surface area contributed by atoms with Gasteiger partial charge < -0.3 is 20.3 Å². The highest BCUT2D eigenvalue weighted by Crippen LogP contribution is 2.26. The van der Waals surface area contributed by atoms with Gasteiger partial charge in [0.05, 0.1) is 11.9 Å². The fourth-order valence-electron chi connectivity index (χ4n) is 1.93. The second-order valence-electron chi connectivity index (χ2n) is 4.87. The van der Waals surface area contributed by atoms with Crippen LogP contribution < -0.4 is 5.32 Å². The van der Waals surface area contributed by atoms with Crippen LogP contribution in [0.3, 0.4) is 0 Å². The Morgan fingerprint density at radius 3 is 2.67 bits per heavy atom. The molecule has 2 heterocycles. The SMILES string of the molecule is CCn1ncc(NC(=O)c2n[nH]c([N+](=O)[O-])c2Br)c1C(=O)N(C)C. The molecule has 0 spiro atoms. The number of aromatic nitrogens is 4. The van der Waals surface area contributed by atoms with Gasteiger partial charge in [0.25, 0.3) is 11.8 Å². The monoisotopic (exact) mass is 399 g/mol. The number of aryl methyl sites for hydroxylation is 1. The Morgan fingerprint density at radius 1 is 1.50 bits per heavy atom. The van der Waals surface area contributed by atoms with E-state index in [0.29, 0.717) is 6.54 Å². The summed E-state index contributed by atoms with van der Waals surface area (Å²) in [5, 5.41) is 23.1. The maximum Gasteiger partial charge on any atom is 0.357 e. The lowest BCUT2D eigenvalue weighted by molar-refractivity contribution is -0.390. The normalized spacial score (nSPS) is 10.5. The Balaban J connectivity index is 2.35. The van der Waals surface area contributed by atoms with Gasteiger partial charge in [-0.15, -0.1) is 5.10 Å². The molecule has 0 atom stereocenters. The van der Waals surface area contributed by atoms with E-state index in [-0.39, 0.29) is 27.5 Å². The molecule has 0 aliphatic heterocycles. The van der Waals surface area contributed by atoms with E-state index in [1.54, 1.807) is 21.0 Å². The molecule has 0 saturated heterocycles. The summed E-state index contributed by atoms with van der Waals surface area (Å²) in [6.07, 6.45) is 1.34. The summed E-state index contributed by atoms with van der Waals surface area (Å²) in [5.41, 5.74) is 0.198. The minimum absolute atomic E-state index is 0.0756. The summed E-state index contributed by atoms with van der Waals surface area (Å²) in [7, 11) is 3.16. The number of halogens is 1. The van der Waals surface area contributed by atoms with E-state index in [2.05, 4.69) is 36.5 Å². The predicted octanol–water partition coefficient (Wildman–Crippen LogP) is 1.25. The van der Waals surface area contributed by atoms with Crippen molar-refractivity contribution in [1.82, 2.24) is 24.9 Å². The van der Waals surface area contributed by atoms with E-state index in [0.717, 1.165) is 0 Å². The van der Waals surface area contributed by atoms with Crippen LogP contribution in [0.5, 0.6) is 0 Å². The molecule has 128 valence electrons. The third kappa shape index (κ3) is 3.13. The molecule has 2 rings (SSSR count). The third-order valence-corrected chi connectivity index (χ3v) is 3.83. The average molecular weight is 400 g/mol. The zero-order valence-electron chi connectivity index (χ0n) is 13.0. The number of hydrogen-bond acceptors (Lipinski definition) is 6. The summed E-state index contributed by atoms with van der Waals surface area (Å²) >= 11 is 2.96. The second-order valence-corrected chi connectivity index (χ2v) is 5.66. The Labute approximate surface area is 144 Å². The number of nitrogens with one attached hydrogen (secondary N) is 2. The first-order valence-electron chi connectivity index (χ1n) is 6.75. The van der Waals surface area contributed by atoms with E-state index >= 15 is 0 Å². The molecule has 0 bridgehead atoms. The first-order chi connectivity index (χ1) is 11.3. The number of hydrogen-bond donors (Lipinski definition) is 2. The molecule has 11 nitrogen and oxygen atoms in total. The van der Waals surface area contributed by atoms with E-state index in [9.17, 15) is 19.7 Å². The number of aromatic amines is 1. The number of rotatable bonds is 5. The zero-order valence-corrected chi connectivity index (χ0v) is 14.6. The average Bonchev–Trinajstić information content (AvgIpc) is 3.09. The lowest BCUT2D eigenvalue weighted by atomic mass is 10.3. The van der Waals surface area contributed by atoms with Gasteiger partial charge in [-0.25, -0.2) is 0 Å². The quantitative estimate of drug-likeness (QED) is 0.572. The molecule has 0 aromatic carbocycles. The van der Waals surface area contributed by atoms with Gasteiger partial charge in [0.15, 0.2) is 5.69 Å². The molecule has 0 saturated carbocycles. The van der Waals surface area contributed by atoms with Gasteiger partial charge in [-0.1, -0.05) is 5.10 Å². The molecule has 2 N–H and O–H groups in total. The second kappa shape index (κ2) is 6.78. The van der Waals surface area contributed by atoms with Crippen molar-refractivity contribution >= 4 is 39.2 Å². The number of nitro groups is 1. The van der Waals surface area contributed by atoms with Crippen molar-refractivity contribution in [2.75, 3.05) is 19.4 Å². The third-order valence-electron chi connectivity index (χ3n) is 3.08. The van der Waals surface area contributed by atoms with E-state index in [4.69, 9.17) is 0 Å². The number of nitrogens with zero attached hydrogens (tertiary/aromatic N) is 5. The molecule has 0 aliphatic carbocycles. The van der Waals surface area contributed by atoms with Crippen LogP contribution in [-0.4, -0.2) is 55.7 Å². The van der Waals surface area contributed by atoms with Gasteiger partial charge in [-0.3, -0.25) is 14.3 Å². The summed E-state index contributed by atoms with van der Waals surface area (Å²) in [4.78, 5) is 36.0. The number of anilines is 1. The molecule has 2 amide bonds. The number of carbonyl (C=O) groups is 2. The number of H-pyrrole nitrogens is 1. The molecule has 0 aliphatic rings. The molecular formula is C12H14BrN7O4. The Kier molecular flexibility index (Phi) is 4.97. The van der Waals surface area contributed by atoms with Crippen molar-refractivity contribution < 1.29 is 14.5 Å². The van der Waals surface area contributed by atoms with Crippen molar-refractivity contribution in [3.05, 3.63) is 32.2 Å². The minimum Gasteiger partial charge on any atom is -0.358 e. The lowest BCUT2D eigenvalue weighted by Gasteiger charge is -2.13. The van der Waals surface area contributed by atoms with Gasteiger partial charge in [-0.05, 0) is 27.8 Å². The summed E-state index contributed by atoms with van der Waals surface area (Å²) < 4.78 is 1.37. The summed E-state index contributed by atoms with van der Waals surface area (Å²) in [6, 6.07) is 0. The highest BCUT2D eigenvalue weighted by molar-refractivity contribution is 9.10. The van der Waals surface area contributed by atoms with Crippen molar-refractivity contribution in [3.63, 3.8) is 0 Å². The zero-order chi connectivity index (χ0) is 18.0. The fourth-order valence-corrected chi connectivity index (χ4v) is 2.43. The van der Waals surface area contributed by atoms with Crippen LogP contribution in [0.15, 0.2) is 10.7 Å². The fraction of sp³-hybridized carbons (Fsp3) is 0.333. The molecule has 0 radical (unpaired) electrons. The highest BCUT2D eigenvalue weighted by Gasteiger charge is 2.27. The molecule has 12 heteroatoms. The van der Waals surface area contributed by atoms with Crippen LogP contribution in [0.2, 0.25) is 0 Å². The van der Waals surface area contributed by atoms with E-state index < -0.39 is 16.6 Å². The number of amides is 2. The Morgan fingerprint density at radius 2 is 2.17 bits per heavy atom. The smallest absolute Gasteiger partial charge is 0.357 e. The topological polar surface area (TPSA) is 139 Å². The minimum atomic E-state index is -0.713. The van der Waals surface area contributed by atoms with Crippen LogP contribution in [0, 0.1) is 10.1 Å². The maximum atomic E-state index is 12.3. The van der Waals surface area contributed by atoms with Crippen LogP contribution in [0.25, 0.3) is 0 Å². The Hall–Kier alpha value is -2.76. The van der Waals surface area contributed by atoms with E-state index in [1.165, 1.54) is 15.8 Å². The van der Waals surface area contributed by atoms with Gasteiger partial charge in [0.1, 0.15) is 10.2 Å². The van der Waals surface area contributed by atoms with Crippen molar-refractivity contribution in [3.8, 4) is 0 Å². The standard InChI is InChI=1S/C12H14BrN7O4/c1-4-19-9(12(22)18(2)3)6(5-14-19)15-11(21)8-7(13)10(17-16-8)20(23)24/h5H,4H2,1-3H3,(H,15,21)(H,16,17). The van der Waals surface area contributed by atoms with Crippen LogP contribution in [0.4, 0.5) is 11.5 Å². The van der Waals surface area contributed by atoms with Crippen LogP contribution >= 0.6 is 15.9 Å². The molecule has 0 fully saturated rings. The van der Waals surface area contributed by atoms with Gasteiger partial charge >= 0.3 is 5.82 Å². The first-order valence-corrected chi connectivity index (χ1v) is 7.54. The van der Waals surface area contributed by atoms with Crippen molar-refractivity contribution in [2.45, 2.75) is 13.5 Å². The van der Waals surface area contributed by atoms with Crippen LogP contribution in [0.1, 0.15) is 27.9 Å². The largest absolute Gasteiger partial charge is 0.358 e. The van der Waals surface area contributed by atoms with Gasteiger partial charge in [-0.2, -0.15) is 5.10 Å². The lowest BCUT2D eigenvalue weighted by Crippen LogP contribution is -2.26. The molecular weight excluding hydrogens is 386 g/mol. The van der Waals surface area contributed by atoms with Gasteiger partial charge in [0, 0.05) is 20.6 Å². The first kappa shape index (κ1) is 17.6. The van der Waals surface area contributed by atoms with Crippen molar-refractivity contribution in [2.24, 2.45) is 0 Å². The van der Waals surface area contributed by atoms with E-state index in [1.807, 2.05) is 0 Å². The molecule has 0 unspecified atom stereocenters. The van der Waals surface area contributed by atoms with Crippen LogP contribution in [-0.2, 0) is 6.54 Å². The summed E-state index contributed by atoms with van der Waals surface area (Å²) in [5.74, 6) is -1.49. The molecule has 24 heavy (non-hydrogen) atoms. The van der Waals surface area contributed by atoms with Crippen molar-refractivity contribution in [1.29, 1.82) is 0 Å². The predicted molar refractivity (Wildman–Crippen MR) is 86.8 cm³/mol. The highest BCUT2D eigenvalue weighted by atomic mass is 79.9. The molecule has 2 aromatic rings. The van der Waals surface area contributed by atoms with Gasteiger partial charge in [0.2, 0.25) is 0 Å². The maximum absolute atomic E-state index is 12.3. The number of carbonyl (C=O) groups excluding carboxylic acids is 2. The Bertz CT molecular complexity index is 810.